The topological polar surface area (TPSA) is 73.1 Å². The van der Waals surface area contributed by atoms with Crippen molar-refractivity contribution in [1.29, 1.82) is 0 Å². The lowest BCUT2D eigenvalue weighted by atomic mass is 9.94. The zero-order chi connectivity index (χ0) is 26.7. The number of methoxy groups -OCH3 is 1. The van der Waals surface area contributed by atoms with Crippen LogP contribution >= 0.6 is 11.3 Å². The Bertz CT molecular complexity index is 1520. The number of aromatic nitrogens is 1. The van der Waals surface area contributed by atoms with Crippen molar-refractivity contribution >= 4 is 23.3 Å². The van der Waals surface area contributed by atoms with Crippen molar-refractivity contribution in [2.24, 2.45) is 4.99 Å². The first-order valence-corrected chi connectivity index (χ1v) is 12.6. The number of amides is 1. The van der Waals surface area contributed by atoms with Crippen LogP contribution in [0.5, 0.6) is 11.5 Å². The van der Waals surface area contributed by atoms with E-state index in [1.165, 1.54) is 23.8 Å². The first-order valence-electron chi connectivity index (χ1n) is 11.8. The van der Waals surface area contributed by atoms with Crippen LogP contribution in [0, 0.1) is 0 Å². The van der Waals surface area contributed by atoms with Crippen LogP contribution in [-0.4, -0.2) is 42.2 Å². The summed E-state index contributed by atoms with van der Waals surface area (Å²) in [6.07, 6.45) is 1.51. The molecule has 0 spiro atoms. The monoisotopic (exact) mass is 527 g/mol. The first-order chi connectivity index (χ1) is 17.8. The van der Waals surface area contributed by atoms with Gasteiger partial charge in [-0.05, 0) is 39.0 Å². The number of fused-ring (bicyclic) bond motifs is 1. The zero-order valence-electron chi connectivity index (χ0n) is 20.9. The summed E-state index contributed by atoms with van der Waals surface area (Å²) in [6.45, 7) is 3.53. The van der Waals surface area contributed by atoms with Gasteiger partial charge < -0.3 is 14.4 Å². The van der Waals surface area contributed by atoms with E-state index in [1.807, 2.05) is 32.0 Å². The van der Waals surface area contributed by atoms with E-state index in [9.17, 15) is 18.4 Å². The molecule has 0 aliphatic carbocycles. The maximum absolute atomic E-state index is 13.8. The number of halogens is 2. The molecule has 0 saturated carbocycles. The summed E-state index contributed by atoms with van der Waals surface area (Å²) >= 11 is 1.12. The average molecular weight is 528 g/mol. The van der Waals surface area contributed by atoms with Crippen molar-refractivity contribution in [3.8, 4) is 11.5 Å². The largest absolute Gasteiger partial charge is 0.496 e. The van der Waals surface area contributed by atoms with Crippen molar-refractivity contribution in [1.82, 2.24) is 9.47 Å². The molecule has 37 heavy (non-hydrogen) atoms. The molecular weight excluding hydrogens is 500 g/mol. The molecule has 1 atom stereocenters. The molecule has 10 heteroatoms. The van der Waals surface area contributed by atoms with Gasteiger partial charge in [-0.25, -0.2) is 4.99 Å². The molecule has 7 nitrogen and oxygen atoms in total. The Hall–Kier alpha value is -3.79. The highest BCUT2D eigenvalue weighted by Gasteiger charge is 2.35. The van der Waals surface area contributed by atoms with Crippen molar-refractivity contribution in [2.75, 3.05) is 20.2 Å². The van der Waals surface area contributed by atoms with E-state index in [0.29, 0.717) is 46.0 Å². The number of alkyl halides is 2. The van der Waals surface area contributed by atoms with Crippen LogP contribution in [0.2, 0.25) is 0 Å². The highest BCUT2D eigenvalue weighted by molar-refractivity contribution is 7.07. The fraction of sp³-hybridized carbons (Fsp3) is 0.296. The Kier molecular flexibility index (Phi) is 7.87. The summed E-state index contributed by atoms with van der Waals surface area (Å²) in [4.78, 5) is 34.2. The summed E-state index contributed by atoms with van der Waals surface area (Å²) < 4.78 is 37.8. The molecule has 194 valence electrons. The van der Waals surface area contributed by atoms with Gasteiger partial charge in [-0.1, -0.05) is 47.7 Å². The van der Waals surface area contributed by atoms with Gasteiger partial charge in [-0.2, -0.15) is 8.78 Å². The van der Waals surface area contributed by atoms with E-state index in [0.717, 1.165) is 11.3 Å². The van der Waals surface area contributed by atoms with Crippen molar-refractivity contribution in [2.45, 2.75) is 33.4 Å². The molecule has 1 aromatic heterocycles. The van der Waals surface area contributed by atoms with E-state index in [1.54, 1.807) is 36.1 Å². The van der Waals surface area contributed by atoms with Gasteiger partial charge in [0.2, 0.25) is 0 Å². The van der Waals surface area contributed by atoms with Crippen molar-refractivity contribution in [3.05, 3.63) is 90.6 Å². The number of allylic oxidation sites excluding steroid dienone is 1. The second kappa shape index (κ2) is 11.1. The fourth-order valence-electron chi connectivity index (χ4n) is 4.41. The van der Waals surface area contributed by atoms with Crippen LogP contribution in [0.4, 0.5) is 8.78 Å². The third-order valence-corrected chi connectivity index (χ3v) is 7.14. The molecule has 0 unspecified atom stereocenters. The maximum Gasteiger partial charge on any atom is 0.387 e. The Morgan fingerprint density at radius 2 is 1.78 bits per heavy atom. The molecule has 1 amide bonds. The molecule has 0 N–H and O–H groups in total. The van der Waals surface area contributed by atoms with Crippen LogP contribution in [-0.2, 0) is 4.79 Å². The third kappa shape index (κ3) is 5.06. The van der Waals surface area contributed by atoms with Gasteiger partial charge in [-0.3, -0.25) is 14.2 Å². The Labute approximate surface area is 216 Å². The van der Waals surface area contributed by atoms with E-state index in [4.69, 9.17) is 4.74 Å². The minimum absolute atomic E-state index is 0.0433. The number of likely N-dealkylation sites (N-methyl/N-ethyl adjacent to an activating group) is 1. The van der Waals surface area contributed by atoms with Gasteiger partial charge in [0, 0.05) is 24.2 Å². The predicted molar refractivity (Wildman–Crippen MR) is 138 cm³/mol. The fourth-order valence-corrected chi connectivity index (χ4v) is 5.44. The summed E-state index contributed by atoms with van der Waals surface area (Å²) in [7, 11) is 1.53. The summed E-state index contributed by atoms with van der Waals surface area (Å²) in [6, 6.07) is 12.7. The smallest absolute Gasteiger partial charge is 0.387 e. The summed E-state index contributed by atoms with van der Waals surface area (Å²) in [5, 5.41) is 0. The lowest BCUT2D eigenvalue weighted by Crippen LogP contribution is -2.43. The number of benzene rings is 2. The quantitative estimate of drug-likeness (QED) is 0.448. The summed E-state index contributed by atoms with van der Waals surface area (Å²) in [5.74, 6) is 0.266. The molecule has 2 heterocycles. The highest BCUT2D eigenvalue weighted by atomic mass is 32.1. The number of thiazole rings is 1. The molecule has 0 radical (unpaired) electrons. The van der Waals surface area contributed by atoms with Crippen LogP contribution in [0.25, 0.3) is 6.08 Å². The van der Waals surface area contributed by atoms with E-state index < -0.39 is 18.2 Å². The van der Waals surface area contributed by atoms with Gasteiger partial charge in [0.25, 0.3) is 11.5 Å². The minimum Gasteiger partial charge on any atom is -0.496 e. The Morgan fingerprint density at radius 3 is 2.43 bits per heavy atom. The van der Waals surface area contributed by atoms with Gasteiger partial charge in [0.15, 0.2) is 4.80 Å². The lowest BCUT2D eigenvalue weighted by Gasteiger charge is -2.29. The zero-order valence-corrected chi connectivity index (χ0v) is 21.7. The number of hydrogen-bond acceptors (Lipinski definition) is 6. The normalized spacial score (nSPS) is 15.4. The molecule has 0 fully saturated rings. The number of ether oxygens (including phenoxy) is 2. The van der Waals surface area contributed by atoms with Crippen molar-refractivity contribution < 1.29 is 23.0 Å². The second-order valence-electron chi connectivity index (χ2n) is 8.22. The number of carbonyl (C=O) groups is 1. The van der Waals surface area contributed by atoms with E-state index >= 15 is 0 Å². The van der Waals surface area contributed by atoms with Gasteiger partial charge in [0.05, 0.1) is 22.9 Å². The standard InChI is InChI=1S/C27H27F2N3O4S/c1-5-31(6-2)25(34)22-16(3)30-27-32(23(22)18-12-8-10-14-20(18)35-4)24(33)21(37-27)15-17-11-7-9-13-19(17)36-26(28)29/h7-15,23,26H,5-6H2,1-4H3/b21-15-/t23-/m0/s1. The Morgan fingerprint density at radius 1 is 1.14 bits per heavy atom. The summed E-state index contributed by atoms with van der Waals surface area (Å²) in [5.41, 5.74) is 1.46. The van der Waals surface area contributed by atoms with E-state index in [-0.39, 0.29) is 16.2 Å². The minimum atomic E-state index is -3.00. The highest BCUT2D eigenvalue weighted by Crippen LogP contribution is 2.36. The molecule has 0 bridgehead atoms. The Balaban J connectivity index is 1.98. The lowest BCUT2D eigenvalue weighted by molar-refractivity contribution is -0.127. The maximum atomic E-state index is 13.8. The molecule has 3 aromatic rings. The van der Waals surface area contributed by atoms with Crippen molar-refractivity contribution in [3.63, 3.8) is 0 Å². The second-order valence-corrected chi connectivity index (χ2v) is 9.23. The van der Waals surface area contributed by atoms with Gasteiger partial charge >= 0.3 is 6.61 Å². The third-order valence-electron chi connectivity index (χ3n) is 6.16. The number of para-hydroxylation sites is 2. The number of carbonyl (C=O) groups excluding carboxylic acids is 1. The number of hydrogen-bond donors (Lipinski definition) is 0. The van der Waals surface area contributed by atoms with Gasteiger partial charge in [-0.15, -0.1) is 0 Å². The molecule has 4 rings (SSSR count). The molecule has 0 saturated heterocycles. The van der Waals surface area contributed by atoms with E-state index in [2.05, 4.69) is 9.73 Å². The molecular formula is C27H27F2N3O4S. The number of nitrogens with zero attached hydrogens (tertiary/aromatic N) is 3. The molecule has 1 aliphatic heterocycles. The van der Waals surface area contributed by atoms with Crippen LogP contribution in [0.15, 0.2) is 69.6 Å². The van der Waals surface area contributed by atoms with Crippen LogP contribution in [0.3, 0.4) is 0 Å². The first kappa shape index (κ1) is 26.3. The predicted octanol–water partition coefficient (Wildman–Crippen LogP) is 3.71. The van der Waals surface area contributed by atoms with Gasteiger partial charge in [0.1, 0.15) is 17.5 Å². The SMILES string of the molecule is CCN(CC)C(=O)C1=C(C)N=c2s/c(=C\c3ccccc3OC(F)F)c(=O)n2[C@H]1c1ccccc1OC. The van der Waals surface area contributed by atoms with Crippen LogP contribution < -0.4 is 24.4 Å². The van der Waals surface area contributed by atoms with Crippen LogP contribution in [0.1, 0.15) is 37.9 Å². The average Bonchev–Trinajstić information content (AvgIpc) is 3.18. The molecule has 2 aromatic carbocycles. The molecule has 1 aliphatic rings. The number of rotatable bonds is 8.